The Bertz CT molecular complexity index is 311. The molecule has 0 aromatic heterocycles. The maximum absolute atomic E-state index is 12.8. The van der Waals surface area contributed by atoms with E-state index >= 15 is 0 Å². The Hall–Kier alpha value is -1.24. The van der Waals surface area contributed by atoms with Crippen molar-refractivity contribution in [1.29, 1.82) is 0 Å². The Kier molecular flexibility index (Phi) is 5.46. The zero-order chi connectivity index (χ0) is 13.6. The van der Waals surface area contributed by atoms with E-state index in [0.717, 1.165) is 19.3 Å². The summed E-state index contributed by atoms with van der Waals surface area (Å²) >= 11 is 0. The van der Waals surface area contributed by atoms with E-state index in [-0.39, 0.29) is 12.5 Å². The minimum absolute atomic E-state index is 0.0896. The summed E-state index contributed by atoms with van der Waals surface area (Å²) < 4.78 is 25.6. The summed E-state index contributed by atoms with van der Waals surface area (Å²) in [7, 11) is 0. The first-order chi connectivity index (χ1) is 8.44. The molecule has 3 N–H and O–H groups in total. The largest absolute Gasteiger partial charge is 0.348 e. The lowest BCUT2D eigenvalue weighted by molar-refractivity contribution is -0.136. The van der Waals surface area contributed by atoms with Crippen LogP contribution in [0.15, 0.2) is 0 Å². The molecule has 0 radical (unpaired) electrons. The van der Waals surface area contributed by atoms with Gasteiger partial charge in [-0.1, -0.05) is 6.42 Å². The third-order valence-electron chi connectivity index (χ3n) is 2.85. The molecule has 1 fully saturated rings. The second kappa shape index (κ2) is 6.63. The van der Waals surface area contributed by atoms with Crippen molar-refractivity contribution in [2.45, 2.75) is 31.6 Å². The molecule has 0 saturated carbocycles. The molecule has 0 unspecified atom stereocenters. The van der Waals surface area contributed by atoms with E-state index in [9.17, 15) is 18.4 Å². The summed E-state index contributed by atoms with van der Waals surface area (Å²) in [6, 6.07) is 0. The lowest BCUT2D eigenvalue weighted by atomic mass is 10.2. The fourth-order valence-electron chi connectivity index (χ4n) is 1.74. The average Bonchev–Trinajstić information content (AvgIpc) is 2.53. The van der Waals surface area contributed by atoms with Gasteiger partial charge in [0.2, 0.25) is 11.8 Å². The molecule has 1 aliphatic rings. The van der Waals surface area contributed by atoms with Crippen molar-refractivity contribution < 1.29 is 18.4 Å². The minimum atomic E-state index is -3.10. The lowest BCUT2D eigenvalue weighted by Gasteiger charge is -2.21. The number of hydrogen-bond donors (Lipinski definition) is 2. The Morgan fingerprint density at radius 3 is 2.78 bits per heavy atom. The van der Waals surface area contributed by atoms with E-state index < -0.39 is 24.9 Å². The van der Waals surface area contributed by atoms with Gasteiger partial charge in [0, 0.05) is 13.0 Å². The number of amides is 2. The molecule has 18 heavy (non-hydrogen) atoms. The number of hydrogen-bond acceptors (Lipinski definition) is 3. The molecule has 2 amide bonds. The fraction of sp³-hybridized carbons (Fsp3) is 0.818. The first-order valence-corrected chi connectivity index (χ1v) is 6.07. The van der Waals surface area contributed by atoms with Gasteiger partial charge in [-0.3, -0.25) is 9.59 Å². The van der Waals surface area contributed by atoms with Crippen molar-refractivity contribution >= 4 is 11.8 Å². The summed E-state index contributed by atoms with van der Waals surface area (Å²) in [5.74, 6) is -3.76. The molecule has 5 nitrogen and oxygen atoms in total. The SMILES string of the molecule is NCC(F)(F)CNC(=O)CN1CCCCCC1=O. The lowest BCUT2D eigenvalue weighted by Crippen LogP contribution is -2.46. The molecule has 0 bridgehead atoms. The van der Waals surface area contributed by atoms with Crippen LogP contribution in [-0.2, 0) is 9.59 Å². The van der Waals surface area contributed by atoms with E-state index in [0.29, 0.717) is 13.0 Å². The molecule has 0 aliphatic carbocycles. The maximum atomic E-state index is 12.8. The van der Waals surface area contributed by atoms with Gasteiger partial charge >= 0.3 is 0 Å². The Balaban J connectivity index is 2.37. The standard InChI is InChI=1S/C11H19F2N3O2/c12-11(13,7-14)8-15-9(17)6-16-5-3-1-2-4-10(16)18/h1-8,14H2,(H,15,17). The molecule has 1 heterocycles. The highest BCUT2D eigenvalue weighted by Crippen LogP contribution is 2.11. The summed E-state index contributed by atoms with van der Waals surface area (Å²) in [6.45, 7) is -1.24. The normalized spacial score (nSPS) is 17.5. The second-order valence-electron chi connectivity index (χ2n) is 4.46. The third-order valence-corrected chi connectivity index (χ3v) is 2.85. The van der Waals surface area contributed by atoms with Gasteiger partial charge in [-0.25, -0.2) is 8.78 Å². The van der Waals surface area contributed by atoms with Gasteiger partial charge in [-0.05, 0) is 12.8 Å². The number of nitrogens with zero attached hydrogens (tertiary/aromatic N) is 1. The highest BCUT2D eigenvalue weighted by atomic mass is 19.3. The molecule has 1 rings (SSSR count). The van der Waals surface area contributed by atoms with Crippen LogP contribution in [0.2, 0.25) is 0 Å². The van der Waals surface area contributed by atoms with Crippen LogP contribution in [0, 0.1) is 0 Å². The minimum Gasteiger partial charge on any atom is -0.348 e. The number of rotatable bonds is 5. The molecule has 7 heteroatoms. The molecule has 1 saturated heterocycles. The first-order valence-electron chi connectivity index (χ1n) is 6.07. The summed E-state index contributed by atoms with van der Waals surface area (Å²) in [5, 5.41) is 2.10. The van der Waals surface area contributed by atoms with Crippen LogP contribution in [0.5, 0.6) is 0 Å². The Morgan fingerprint density at radius 2 is 2.11 bits per heavy atom. The third kappa shape index (κ3) is 4.95. The summed E-state index contributed by atoms with van der Waals surface area (Å²) in [6.07, 6.45) is 3.04. The van der Waals surface area contributed by atoms with Gasteiger partial charge in [-0.15, -0.1) is 0 Å². The molecular formula is C11H19F2N3O2. The topological polar surface area (TPSA) is 75.4 Å². The van der Waals surface area contributed by atoms with E-state index in [1.165, 1.54) is 4.90 Å². The maximum Gasteiger partial charge on any atom is 0.277 e. The van der Waals surface area contributed by atoms with Crippen LogP contribution in [0.3, 0.4) is 0 Å². The number of carbonyl (C=O) groups excluding carboxylic acids is 2. The van der Waals surface area contributed by atoms with Gasteiger partial charge in [0.15, 0.2) is 0 Å². The molecule has 0 aromatic rings. The second-order valence-corrected chi connectivity index (χ2v) is 4.46. The van der Waals surface area contributed by atoms with Crippen molar-refractivity contribution in [2.24, 2.45) is 5.73 Å². The van der Waals surface area contributed by atoms with Gasteiger partial charge in [0.05, 0.1) is 19.6 Å². The molecule has 0 aromatic carbocycles. The van der Waals surface area contributed by atoms with E-state index in [4.69, 9.17) is 5.73 Å². The fourth-order valence-corrected chi connectivity index (χ4v) is 1.74. The number of nitrogens with one attached hydrogen (secondary N) is 1. The monoisotopic (exact) mass is 263 g/mol. The van der Waals surface area contributed by atoms with Crippen LogP contribution < -0.4 is 11.1 Å². The number of carbonyl (C=O) groups is 2. The van der Waals surface area contributed by atoms with Crippen molar-refractivity contribution in [2.75, 3.05) is 26.2 Å². The smallest absolute Gasteiger partial charge is 0.277 e. The summed E-state index contributed by atoms with van der Waals surface area (Å²) in [5.41, 5.74) is 4.85. The zero-order valence-electron chi connectivity index (χ0n) is 10.3. The predicted octanol–water partition coefficient (Wildman–Crippen LogP) is 0.0992. The zero-order valence-corrected chi connectivity index (χ0v) is 10.3. The number of nitrogens with two attached hydrogens (primary N) is 1. The van der Waals surface area contributed by atoms with Crippen LogP contribution >= 0.6 is 0 Å². The molecular weight excluding hydrogens is 244 g/mol. The average molecular weight is 263 g/mol. The van der Waals surface area contributed by atoms with Crippen molar-refractivity contribution in [1.82, 2.24) is 10.2 Å². The van der Waals surface area contributed by atoms with Crippen molar-refractivity contribution in [3.63, 3.8) is 0 Å². The molecule has 0 spiro atoms. The molecule has 1 aliphatic heterocycles. The first kappa shape index (κ1) is 14.8. The quantitative estimate of drug-likeness (QED) is 0.738. The van der Waals surface area contributed by atoms with Crippen molar-refractivity contribution in [3.8, 4) is 0 Å². The van der Waals surface area contributed by atoms with Gasteiger partial charge in [0.1, 0.15) is 0 Å². The number of alkyl halides is 2. The van der Waals surface area contributed by atoms with Gasteiger partial charge < -0.3 is 16.0 Å². The Morgan fingerprint density at radius 1 is 1.39 bits per heavy atom. The number of halogens is 2. The van der Waals surface area contributed by atoms with Crippen LogP contribution in [0.25, 0.3) is 0 Å². The highest BCUT2D eigenvalue weighted by molar-refractivity contribution is 5.84. The highest BCUT2D eigenvalue weighted by Gasteiger charge is 2.28. The van der Waals surface area contributed by atoms with Crippen LogP contribution in [0.4, 0.5) is 8.78 Å². The predicted molar refractivity (Wildman–Crippen MR) is 62.1 cm³/mol. The Labute approximate surface area is 105 Å². The van der Waals surface area contributed by atoms with E-state index in [1.807, 2.05) is 0 Å². The van der Waals surface area contributed by atoms with Gasteiger partial charge in [0.25, 0.3) is 5.92 Å². The van der Waals surface area contributed by atoms with E-state index in [2.05, 4.69) is 5.32 Å². The summed E-state index contributed by atoms with van der Waals surface area (Å²) in [4.78, 5) is 24.5. The molecule has 0 atom stereocenters. The van der Waals surface area contributed by atoms with Crippen LogP contribution in [-0.4, -0.2) is 48.8 Å². The molecule has 104 valence electrons. The van der Waals surface area contributed by atoms with Gasteiger partial charge in [-0.2, -0.15) is 0 Å². The number of likely N-dealkylation sites (tertiary alicyclic amines) is 1. The van der Waals surface area contributed by atoms with Crippen LogP contribution in [0.1, 0.15) is 25.7 Å². The van der Waals surface area contributed by atoms with E-state index in [1.54, 1.807) is 0 Å². The van der Waals surface area contributed by atoms with Crippen molar-refractivity contribution in [3.05, 3.63) is 0 Å².